The van der Waals surface area contributed by atoms with Gasteiger partial charge in [-0.15, -0.1) is 0 Å². The second kappa shape index (κ2) is 7.05. The van der Waals surface area contributed by atoms with Crippen molar-refractivity contribution < 1.29 is 4.52 Å². The van der Waals surface area contributed by atoms with E-state index in [-0.39, 0.29) is 0 Å². The average Bonchev–Trinajstić information content (AvgIpc) is 3.00. The highest BCUT2D eigenvalue weighted by molar-refractivity contribution is 5.14. The minimum atomic E-state index is 0.443. The molecule has 3 rings (SSSR count). The van der Waals surface area contributed by atoms with Crippen LogP contribution in [0.25, 0.3) is 0 Å². The van der Waals surface area contributed by atoms with Gasteiger partial charge in [0.15, 0.2) is 5.82 Å². The van der Waals surface area contributed by atoms with Crippen molar-refractivity contribution in [1.82, 2.24) is 15.0 Å². The molecule has 1 aliphatic rings. The van der Waals surface area contributed by atoms with Gasteiger partial charge >= 0.3 is 0 Å². The summed E-state index contributed by atoms with van der Waals surface area (Å²) in [7, 11) is 0. The number of rotatable bonds is 5. The molecule has 0 spiro atoms. The van der Waals surface area contributed by atoms with Crippen molar-refractivity contribution in [2.75, 3.05) is 13.1 Å². The number of aromatic nitrogens is 2. The third-order valence-corrected chi connectivity index (χ3v) is 4.74. The molecule has 1 fully saturated rings. The normalized spacial score (nSPS) is 18.5. The van der Waals surface area contributed by atoms with Crippen molar-refractivity contribution in [3.8, 4) is 0 Å². The van der Waals surface area contributed by atoms with E-state index < -0.39 is 0 Å². The highest BCUT2D eigenvalue weighted by atomic mass is 16.5. The summed E-state index contributed by atoms with van der Waals surface area (Å²) in [4.78, 5) is 6.98. The van der Waals surface area contributed by atoms with Crippen LogP contribution in [0.2, 0.25) is 0 Å². The van der Waals surface area contributed by atoms with Gasteiger partial charge in [-0.05, 0) is 58.2 Å². The molecule has 0 radical (unpaired) electrons. The van der Waals surface area contributed by atoms with Gasteiger partial charge < -0.3 is 9.42 Å². The van der Waals surface area contributed by atoms with Crippen LogP contribution < -0.4 is 0 Å². The van der Waals surface area contributed by atoms with Crippen LogP contribution in [0.5, 0.6) is 0 Å². The van der Waals surface area contributed by atoms with Crippen molar-refractivity contribution in [1.29, 1.82) is 0 Å². The van der Waals surface area contributed by atoms with Crippen molar-refractivity contribution in [2.24, 2.45) is 0 Å². The van der Waals surface area contributed by atoms with Gasteiger partial charge in [-0.1, -0.05) is 35.5 Å². The Balaban J connectivity index is 1.46. The number of likely N-dealkylation sites (tertiary alicyclic amines) is 1. The molecular weight excluding hydrogens is 274 g/mol. The molecule has 1 atom stereocenters. The third-order valence-electron chi connectivity index (χ3n) is 4.74. The lowest BCUT2D eigenvalue weighted by molar-refractivity contribution is 0.145. The molecule has 118 valence electrons. The van der Waals surface area contributed by atoms with Gasteiger partial charge in [-0.3, -0.25) is 0 Å². The minimum absolute atomic E-state index is 0.443. The van der Waals surface area contributed by atoms with Gasteiger partial charge in [0.05, 0.1) is 0 Å². The Kier molecular flexibility index (Phi) is 4.88. The first-order valence-electron chi connectivity index (χ1n) is 8.30. The number of piperidine rings is 1. The van der Waals surface area contributed by atoms with E-state index in [1.54, 1.807) is 0 Å². The lowest BCUT2D eigenvalue weighted by atomic mass is 9.94. The smallest absolute Gasteiger partial charge is 0.229 e. The topological polar surface area (TPSA) is 42.2 Å². The Labute approximate surface area is 132 Å². The van der Waals surface area contributed by atoms with Gasteiger partial charge in [-0.2, -0.15) is 4.98 Å². The van der Waals surface area contributed by atoms with E-state index in [0.29, 0.717) is 12.0 Å². The monoisotopic (exact) mass is 299 g/mol. The lowest BCUT2D eigenvalue weighted by Crippen LogP contribution is -2.39. The van der Waals surface area contributed by atoms with E-state index in [2.05, 4.69) is 52.3 Å². The van der Waals surface area contributed by atoms with E-state index in [1.165, 1.54) is 12.0 Å². The zero-order chi connectivity index (χ0) is 15.4. The number of benzene rings is 1. The summed E-state index contributed by atoms with van der Waals surface area (Å²) in [6.45, 7) is 6.48. The molecule has 0 aliphatic carbocycles. The summed E-state index contributed by atoms with van der Waals surface area (Å²) in [5.74, 6) is 2.02. The molecule has 0 bridgehead atoms. The van der Waals surface area contributed by atoms with E-state index in [4.69, 9.17) is 4.52 Å². The molecule has 1 unspecified atom stereocenters. The van der Waals surface area contributed by atoms with Crippen LogP contribution in [0.4, 0.5) is 0 Å². The zero-order valence-corrected chi connectivity index (χ0v) is 13.5. The van der Waals surface area contributed by atoms with Gasteiger partial charge in [-0.25, -0.2) is 0 Å². The minimum Gasteiger partial charge on any atom is -0.339 e. The molecule has 0 N–H and O–H groups in total. The molecule has 0 amide bonds. The Morgan fingerprint density at radius 2 is 1.95 bits per heavy atom. The second-order valence-corrected chi connectivity index (χ2v) is 6.36. The molecule has 0 saturated carbocycles. The van der Waals surface area contributed by atoms with E-state index in [1.807, 2.05) is 6.92 Å². The molecule has 2 aromatic rings. The van der Waals surface area contributed by atoms with Gasteiger partial charge in [0.25, 0.3) is 0 Å². The first-order chi connectivity index (χ1) is 10.7. The number of aryl methyl sites for hydroxylation is 2. The summed E-state index contributed by atoms with van der Waals surface area (Å²) in [6, 6.07) is 11.4. The fourth-order valence-electron chi connectivity index (χ4n) is 3.27. The number of hydrogen-bond donors (Lipinski definition) is 0. The molecule has 4 heteroatoms. The first-order valence-corrected chi connectivity index (χ1v) is 8.30. The fourth-order valence-corrected chi connectivity index (χ4v) is 3.27. The molecule has 1 saturated heterocycles. The molecular formula is C18H25N3O. The summed E-state index contributed by atoms with van der Waals surface area (Å²) < 4.78 is 5.33. The maximum absolute atomic E-state index is 5.33. The Morgan fingerprint density at radius 1 is 1.23 bits per heavy atom. The highest BCUT2D eigenvalue weighted by Gasteiger charge is 2.26. The second-order valence-electron chi connectivity index (χ2n) is 6.36. The summed E-state index contributed by atoms with van der Waals surface area (Å²) in [5, 5.41) is 3.91. The van der Waals surface area contributed by atoms with Crippen LogP contribution >= 0.6 is 0 Å². The maximum Gasteiger partial charge on any atom is 0.229 e. The van der Waals surface area contributed by atoms with Gasteiger partial charge in [0, 0.05) is 12.0 Å². The quantitative estimate of drug-likeness (QED) is 0.846. The van der Waals surface area contributed by atoms with E-state index >= 15 is 0 Å². The fraction of sp³-hybridized carbons (Fsp3) is 0.556. The molecule has 4 nitrogen and oxygen atoms in total. The third kappa shape index (κ3) is 3.74. The largest absolute Gasteiger partial charge is 0.339 e. The summed E-state index contributed by atoms with van der Waals surface area (Å²) >= 11 is 0. The summed E-state index contributed by atoms with van der Waals surface area (Å²) in [5.41, 5.74) is 1.44. The highest BCUT2D eigenvalue weighted by Crippen LogP contribution is 2.28. The van der Waals surface area contributed by atoms with Gasteiger partial charge in [0.2, 0.25) is 5.89 Å². The molecule has 1 aromatic carbocycles. The van der Waals surface area contributed by atoms with Crippen molar-refractivity contribution in [3.05, 3.63) is 47.6 Å². The Hall–Kier alpha value is -1.68. The van der Waals surface area contributed by atoms with Gasteiger partial charge in [0.1, 0.15) is 0 Å². The van der Waals surface area contributed by atoms with Crippen molar-refractivity contribution in [3.63, 3.8) is 0 Å². The molecule has 1 aromatic heterocycles. The van der Waals surface area contributed by atoms with E-state index in [0.717, 1.165) is 44.1 Å². The zero-order valence-electron chi connectivity index (χ0n) is 13.5. The predicted octanol–water partition coefficient (Wildman–Crippen LogP) is 3.58. The summed E-state index contributed by atoms with van der Waals surface area (Å²) in [6.07, 6.45) is 4.62. The van der Waals surface area contributed by atoms with Crippen LogP contribution in [0.3, 0.4) is 0 Å². The average molecular weight is 299 g/mol. The van der Waals surface area contributed by atoms with Crippen LogP contribution in [-0.2, 0) is 6.42 Å². The predicted molar refractivity (Wildman–Crippen MR) is 86.8 cm³/mol. The van der Waals surface area contributed by atoms with Crippen LogP contribution in [-0.4, -0.2) is 34.2 Å². The standard InChI is InChI=1S/C18H25N3O/c1-14(8-9-16-6-4-3-5-7-16)21-12-10-17(11-13-21)18-19-15(2)20-22-18/h3-7,14,17H,8-13H2,1-2H3. The van der Waals surface area contributed by atoms with Crippen molar-refractivity contribution in [2.45, 2.75) is 51.5 Å². The number of nitrogens with zero attached hydrogens (tertiary/aromatic N) is 3. The van der Waals surface area contributed by atoms with E-state index in [9.17, 15) is 0 Å². The molecule has 22 heavy (non-hydrogen) atoms. The SMILES string of the molecule is Cc1noc(C2CCN(C(C)CCc3ccccc3)CC2)n1. The maximum atomic E-state index is 5.33. The lowest BCUT2D eigenvalue weighted by Gasteiger charge is -2.35. The van der Waals surface area contributed by atoms with Crippen molar-refractivity contribution >= 4 is 0 Å². The Bertz CT molecular complexity index is 573. The van der Waals surface area contributed by atoms with Crippen LogP contribution in [0, 0.1) is 6.92 Å². The van der Waals surface area contributed by atoms with Crippen LogP contribution in [0.15, 0.2) is 34.9 Å². The first kappa shape index (κ1) is 15.2. The Morgan fingerprint density at radius 3 is 2.59 bits per heavy atom. The van der Waals surface area contributed by atoms with Crippen LogP contribution in [0.1, 0.15) is 49.4 Å². The molecule has 1 aliphatic heterocycles. The molecule has 2 heterocycles. The number of hydrogen-bond acceptors (Lipinski definition) is 4.